The van der Waals surface area contributed by atoms with Gasteiger partial charge in [0.1, 0.15) is 5.52 Å². The van der Waals surface area contributed by atoms with Gasteiger partial charge in [0.25, 0.3) is 11.6 Å². The summed E-state index contributed by atoms with van der Waals surface area (Å²) in [5.74, 6) is 0.412. The number of benzene rings is 3. The number of amides is 1. The van der Waals surface area contributed by atoms with Crippen molar-refractivity contribution in [1.82, 2.24) is 4.98 Å². The van der Waals surface area contributed by atoms with Crippen molar-refractivity contribution in [1.29, 1.82) is 0 Å². The summed E-state index contributed by atoms with van der Waals surface area (Å²) in [6.07, 6.45) is 1.03. The molecule has 4 aromatic rings. The lowest BCUT2D eigenvalue weighted by Gasteiger charge is -2.08. The molecule has 7 nitrogen and oxygen atoms in total. The summed E-state index contributed by atoms with van der Waals surface area (Å²) in [5, 5.41) is 13.9. The van der Waals surface area contributed by atoms with Crippen LogP contribution in [-0.2, 0) is 0 Å². The maximum absolute atomic E-state index is 12.6. The van der Waals surface area contributed by atoms with Gasteiger partial charge in [0.15, 0.2) is 5.58 Å². The minimum Gasteiger partial charge on any atom is -0.436 e. The number of nitro benzene ring substituents is 1. The Morgan fingerprint density at radius 3 is 2.59 bits per heavy atom. The van der Waals surface area contributed by atoms with Crippen LogP contribution in [0.15, 0.2) is 65.1 Å². The Morgan fingerprint density at radius 1 is 1.16 bits per heavy atom. The Balaban J connectivity index is 1.61. The van der Waals surface area contributed by atoms with E-state index in [1.165, 1.54) is 29.8 Å². The van der Waals surface area contributed by atoms with E-state index in [-0.39, 0.29) is 11.3 Å². The monoisotopic (exact) mass is 449 g/mol. The molecular weight excluding hydrogens is 430 g/mol. The maximum atomic E-state index is 12.6. The minimum absolute atomic E-state index is 0.0889. The van der Waals surface area contributed by atoms with E-state index in [0.29, 0.717) is 33.7 Å². The molecule has 0 unspecified atom stereocenters. The van der Waals surface area contributed by atoms with E-state index in [1.54, 1.807) is 18.2 Å². The lowest BCUT2D eigenvalue weighted by atomic mass is 9.98. The quantitative estimate of drug-likeness (QED) is 0.257. The SMILES string of the molecule is CC[C@H](C)c1ccc2oc(-c3ccc(Cl)c(NC(=O)c4ccc([N+](=O)[O-])cc4)c3)nc2c1. The molecule has 0 saturated carbocycles. The third-order valence-electron chi connectivity index (χ3n) is 5.39. The molecule has 3 aromatic carbocycles. The number of hydrogen-bond donors (Lipinski definition) is 1. The number of nitrogens with one attached hydrogen (secondary N) is 1. The third kappa shape index (κ3) is 4.33. The second-order valence-electron chi connectivity index (χ2n) is 7.51. The lowest BCUT2D eigenvalue weighted by molar-refractivity contribution is -0.384. The smallest absolute Gasteiger partial charge is 0.269 e. The molecule has 4 rings (SSSR count). The van der Waals surface area contributed by atoms with Gasteiger partial charge in [-0.05, 0) is 60.4 Å². The number of fused-ring (bicyclic) bond motifs is 1. The van der Waals surface area contributed by atoms with E-state index in [2.05, 4.69) is 24.1 Å². The van der Waals surface area contributed by atoms with Gasteiger partial charge in [-0.1, -0.05) is 31.5 Å². The number of carbonyl (C=O) groups is 1. The second-order valence-corrected chi connectivity index (χ2v) is 7.92. The standard InChI is InChI=1S/C24H20ClN3O4/c1-3-14(2)16-7-11-22-21(12-16)27-24(32-22)17-6-10-19(25)20(13-17)26-23(29)15-4-8-18(9-5-15)28(30)31/h4-14H,3H2,1-2H3,(H,26,29)/t14-/m0/s1. The zero-order valence-electron chi connectivity index (χ0n) is 17.5. The number of carbonyl (C=O) groups excluding carboxylic acids is 1. The summed E-state index contributed by atoms with van der Waals surface area (Å²) < 4.78 is 5.91. The highest BCUT2D eigenvalue weighted by atomic mass is 35.5. The van der Waals surface area contributed by atoms with Crippen molar-refractivity contribution in [3.63, 3.8) is 0 Å². The fourth-order valence-corrected chi connectivity index (χ4v) is 3.46. The Bertz CT molecular complexity index is 1310. The summed E-state index contributed by atoms with van der Waals surface area (Å²) in [6.45, 7) is 4.31. The topological polar surface area (TPSA) is 98.3 Å². The van der Waals surface area contributed by atoms with Crippen LogP contribution in [0.2, 0.25) is 5.02 Å². The summed E-state index contributed by atoms with van der Waals surface area (Å²) in [6, 6.07) is 16.4. The van der Waals surface area contributed by atoms with Crippen molar-refractivity contribution in [3.05, 3.63) is 86.9 Å². The van der Waals surface area contributed by atoms with Crippen LogP contribution in [-0.4, -0.2) is 15.8 Å². The van der Waals surface area contributed by atoms with Gasteiger partial charge in [-0.2, -0.15) is 0 Å². The maximum Gasteiger partial charge on any atom is 0.269 e. The first-order valence-corrected chi connectivity index (χ1v) is 10.5. The number of rotatable bonds is 6. The molecule has 0 aliphatic rings. The van der Waals surface area contributed by atoms with Gasteiger partial charge in [0.2, 0.25) is 5.89 Å². The lowest BCUT2D eigenvalue weighted by Crippen LogP contribution is -2.12. The molecule has 1 amide bonds. The number of aromatic nitrogens is 1. The number of nitrogens with zero attached hydrogens (tertiary/aromatic N) is 2. The summed E-state index contributed by atoms with van der Waals surface area (Å²) in [5.41, 5.74) is 3.88. The average Bonchev–Trinajstić information content (AvgIpc) is 3.23. The number of non-ortho nitro benzene ring substituents is 1. The average molecular weight is 450 g/mol. The highest BCUT2D eigenvalue weighted by Gasteiger charge is 2.15. The highest BCUT2D eigenvalue weighted by Crippen LogP contribution is 2.32. The molecule has 1 atom stereocenters. The largest absolute Gasteiger partial charge is 0.436 e. The summed E-state index contributed by atoms with van der Waals surface area (Å²) in [7, 11) is 0. The van der Waals surface area contributed by atoms with Crippen molar-refractivity contribution in [2.75, 3.05) is 5.32 Å². The van der Waals surface area contributed by atoms with Crippen LogP contribution in [0.5, 0.6) is 0 Å². The normalized spacial score (nSPS) is 12.0. The summed E-state index contributed by atoms with van der Waals surface area (Å²) in [4.78, 5) is 27.5. The van der Waals surface area contributed by atoms with Crippen LogP contribution >= 0.6 is 11.6 Å². The molecule has 0 aliphatic carbocycles. The predicted octanol–water partition coefficient (Wildman–Crippen LogP) is 6.82. The molecule has 32 heavy (non-hydrogen) atoms. The van der Waals surface area contributed by atoms with Crippen molar-refractivity contribution < 1.29 is 14.1 Å². The molecule has 8 heteroatoms. The zero-order chi connectivity index (χ0) is 22.8. The van der Waals surface area contributed by atoms with Crippen molar-refractivity contribution in [3.8, 4) is 11.5 Å². The van der Waals surface area contributed by atoms with E-state index < -0.39 is 10.8 Å². The first-order valence-electron chi connectivity index (χ1n) is 10.1. The molecule has 0 fully saturated rings. The first kappa shape index (κ1) is 21.5. The molecule has 0 saturated heterocycles. The molecule has 0 bridgehead atoms. The van der Waals surface area contributed by atoms with Gasteiger partial charge in [-0.15, -0.1) is 0 Å². The Labute approximate surface area is 189 Å². The predicted molar refractivity (Wildman–Crippen MR) is 124 cm³/mol. The number of oxazole rings is 1. The van der Waals surface area contributed by atoms with Crippen LogP contribution in [0, 0.1) is 10.1 Å². The van der Waals surface area contributed by atoms with Crippen LogP contribution in [0.3, 0.4) is 0 Å². The van der Waals surface area contributed by atoms with E-state index in [0.717, 1.165) is 11.9 Å². The van der Waals surface area contributed by atoms with Crippen molar-refractivity contribution in [2.45, 2.75) is 26.2 Å². The van der Waals surface area contributed by atoms with Gasteiger partial charge in [-0.3, -0.25) is 14.9 Å². The molecule has 1 heterocycles. The molecule has 1 N–H and O–H groups in total. The number of hydrogen-bond acceptors (Lipinski definition) is 5. The van der Waals surface area contributed by atoms with Crippen LogP contribution in [0.1, 0.15) is 42.1 Å². The summed E-state index contributed by atoms with van der Waals surface area (Å²) >= 11 is 6.28. The van der Waals surface area contributed by atoms with E-state index in [1.807, 2.05) is 18.2 Å². The fourth-order valence-electron chi connectivity index (χ4n) is 3.29. The Morgan fingerprint density at radius 2 is 1.91 bits per heavy atom. The molecular formula is C24H20ClN3O4. The van der Waals surface area contributed by atoms with Crippen LogP contribution in [0.4, 0.5) is 11.4 Å². The first-order chi connectivity index (χ1) is 15.4. The van der Waals surface area contributed by atoms with Crippen LogP contribution < -0.4 is 5.32 Å². The zero-order valence-corrected chi connectivity index (χ0v) is 18.2. The van der Waals surface area contributed by atoms with Gasteiger partial charge < -0.3 is 9.73 Å². The highest BCUT2D eigenvalue weighted by molar-refractivity contribution is 6.34. The number of halogens is 1. The van der Waals surface area contributed by atoms with Gasteiger partial charge >= 0.3 is 0 Å². The molecule has 0 aliphatic heterocycles. The molecule has 1 aromatic heterocycles. The van der Waals surface area contributed by atoms with Crippen molar-refractivity contribution in [2.24, 2.45) is 0 Å². The van der Waals surface area contributed by atoms with E-state index >= 15 is 0 Å². The fraction of sp³-hybridized carbons (Fsp3) is 0.167. The van der Waals surface area contributed by atoms with Crippen molar-refractivity contribution >= 4 is 40.0 Å². The van der Waals surface area contributed by atoms with E-state index in [4.69, 9.17) is 16.0 Å². The van der Waals surface area contributed by atoms with E-state index in [9.17, 15) is 14.9 Å². The Hall–Kier alpha value is -3.71. The number of nitro groups is 1. The number of anilines is 1. The third-order valence-corrected chi connectivity index (χ3v) is 5.72. The molecule has 0 radical (unpaired) electrons. The second kappa shape index (κ2) is 8.80. The van der Waals surface area contributed by atoms with Crippen LogP contribution in [0.25, 0.3) is 22.6 Å². The molecule has 162 valence electrons. The minimum atomic E-state index is -0.520. The van der Waals surface area contributed by atoms with Gasteiger partial charge in [-0.25, -0.2) is 4.98 Å². The Kier molecular flexibility index (Phi) is 5.92. The molecule has 0 spiro atoms. The van der Waals surface area contributed by atoms with Gasteiger partial charge in [0, 0.05) is 23.3 Å². The van der Waals surface area contributed by atoms with Gasteiger partial charge in [0.05, 0.1) is 15.6 Å².